The molecule has 2 heterocycles. The first-order valence-electron chi connectivity index (χ1n) is 9.19. The number of amides is 1. The Morgan fingerprint density at radius 3 is 2.47 bits per heavy atom. The van der Waals surface area contributed by atoms with Crippen molar-refractivity contribution in [1.29, 1.82) is 0 Å². The van der Waals surface area contributed by atoms with E-state index in [1.54, 1.807) is 36.8 Å². The lowest BCUT2D eigenvalue weighted by atomic mass is 10.1. The third-order valence-corrected chi connectivity index (χ3v) is 5.53. The summed E-state index contributed by atoms with van der Waals surface area (Å²) in [6, 6.07) is 20.4. The topological polar surface area (TPSA) is 59.8 Å². The number of para-hydroxylation sites is 3. The minimum atomic E-state index is -0.390. The van der Waals surface area contributed by atoms with E-state index in [2.05, 4.69) is 15.3 Å². The molecule has 0 aliphatic rings. The van der Waals surface area contributed by atoms with Crippen molar-refractivity contribution < 1.29 is 4.79 Å². The van der Waals surface area contributed by atoms with Crippen LogP contribution in [0.2, 0.25) is 10.0 Å². The minimum Gasteiger partial charge on any atom is -0.320 e. The van der Waals surface area contributed by atoms with E-state index in [1.165, 1.54) is 0 Å². The van der Waals surface area contributed by atoms with E-state index in [-0.39, 0.29) is 5.56 Å². The monoisotopic (exact) mass is 432 g/mol. The first-order chi connectivity index (χ1) is 14.6. The molecule has 1 amide bonds. The third-order valence-electron chi connectivity index (χ3n) is 4.90. The Hall–Kier alpha value is -3.41. The highest BCUT2D eigenvalue weighted by atomic mass is 35.5. The number of aromatic nitrogens is 3. The molecule has 0 saturated heterocycles. The molecule has 0 aliphatic carbocycles. The quantitative estimate of drug-likeness (QED) is 0.372. The number of rotatable bonds is 3. The average molecular weight is 433 g/mol. The molecule has 0 bridgehead atoms. The zero-order valence-electron chi connectivity index (χ0n) is 15.5. The van der Waals surface area contributed by atoms with Gasteiger partial charge in [-0.3, -0.25) is 14.3 Å². The molecule has 146 valence electrons. The maximum absolute atomic E-state index is 12.9. The van der Waals surface area contributed by atoms with Crippen LogP contribution in [0.15, 0.2) is 79.3 Å². The van der Waals surface area contributed by atoms with Crippen molar-refractivity contribution in [2.24, 2.45) is 0 Å². The minimum absolute atomic E-state index is 0.231. The predicted octanol–water partition coefficient (Wildman–Crippen LogP) is 6.13. The molecule has 5 aromatic rings. The second kappa shape index (κ2) is 7.44. The second-order valence-electron chi connectivity index (χ2n) is 6.69. The van der Waals surface area contributed by atoms with Gasteiger partial charge in [0, 0.05) is 11.6 Å². The van der Waals surface area contributed by atoms with E-state index in [4.69, 9.17) is 23.2 Å². The molecule has 3 aromatic carbocycles. The molecule has 0 fully saturated rings. The van der Waals surface area contributed by atoms with E-state index in [0.717, 1.165) is 22.1 Å². The van der Waals surface area contributed by atoms with Crippen molar-refractivity contribution in [3.05, 3.63) is 94.9 Å². The SMILES string of the molecule is O=C(Nc1cccc2c(-n3cnc4ccccc43)ccnc12)c1c(Cl)cccc1Cl. The summed E-state index contributed by atoms with van der Waals surface area (Å²) in [4.78, 5) is 21.8. The van der Waals surface area contributed by atoms with Gasteiger partial charge < -0.3 is 5.32 Å². The summed E-state index contributed by atoms with van der Waals surface area (Å²) in [5.41, 5.74) is 4.27. The van der Waals surface area contributed by atoms with E-state index >= 15 is 0 Å². The smallest absolute Gasteiger partial charge is 0.258 e. The number of carbonyl (C=O) groups is 1. The van der Waals surface area contributed by atoms with Gasteiger partial charge in [-0.25, -0.2) is 4.98 Å². The van der Waals surface area contributed by atoms with Crippen molar-refractivity contribution in [2.45, 2.75) is 0 Å². The fourth-order valence-corrected chi connectivity index (χ4v) is 4.09. The van der Waals surface area contributed by atoms with Gasteiger partial charge in [0.2, 0.25) is 0 Å². The van der Waals surface area contributed by atoms with E-state index in [0.29, 0.717) is 21.2 Å². The van der Waals surface area contributed by atoms with Gasteiger partial charge in [-0.05, 0) is 36.4 Å². The van der Waals surface area contributed by atoms with Crippen molar-refractivity contribution in [1.82, 2.24) is 14.5 Å². The van der Waals surface area contributed by atoms with Gasteiger partial charge in [0.25, 0.3) is 5.91 Å². The number of nitrogens with zero attached hydrogens (tertiary/aromatic N) is 3. The van der Waals surface area contributed by atoms with Crippen LogP contribution in [0.1, 0.15) is 10.4 Å². The predicted molar refractivity (Wildman–Crippen MR) is 121 cm³/mol. The first-order valence-corrected chi connectivity index (χ1v) is 9.94. The average Bonchev–Trinajstić information content (AvgIpc) is 3.17. The number of nitrogens with one attached hydrogen (secondary N) is 1. The van der Waals surface area contributed by atoms with E-state index in [9.17, 15) is 4.79 Å². The summed E-state index contributed by atoms with van der Waals surface area (Å²) in [6.07, 6.45) is 3.50. The summed E-state index contributed by atoms with van der Waals surface area (Å²) in [7, 11) is 0. The highest BCUT2D eigenvalue weighted by molar-refractivity contribution is 6.40. The van der Waals surface area contributed by atoms with Crippen LogP contribution >= 0.6 is 23.2 Å². The Balaban J connectivity index is 1.62. The number of fused-ring (bicyclic) bond motifs is 2. The standard InChI is InChI=1S/C23H14Cl2N4O/c24-15-6-4-7-16(25)21(15)23(30)28-18-9-3-5-14-19(11-12-26-22(14)18)29-13-27-17-8-1-2-10-20(17)29/h1-13H,(H,28,30). The first kappa shape index (κ1) is 18.6. The summed E-state index contributed by atoms with van der Waals surface area (Å²) in [5.74, 6) is -0.390. The Bertz CT molecular complexity index is 1410. The molecule has 30 heavy (non-hydrogen) atoms. The van der Waals surface area contributed by atoms with Crippen LogP contribution in [-0.2, 0) is 0 Å². The van der Waals surface area contributed by atoms with Gasteiger partial charge in [0.1, 0.15) is 6.33 Å². The maximum atomic E-state index is 12.9. The molecule has 7 heteroatoms. The van der Waals surface area contributed by atoms with Crippen LogP contribution in [0.25, 0.3) is 27.6 Å². The molecule has 0 saturated carbocycles. The Morgan fingerprint density at radius 1 is 0.867 bits per heavy atom. The van der Waals surface area contributed by atoms with Crippen LogP contribution in [-0.4, -0.2) is 20.4 Å². The molecule has 5 nitrogen and oxygen atoms in total. The van der Waals surface area contributed by atoms with Gasteiger partial charge in [0.15, 0.2) is 0 Å². The summed E-state index contributed by atoms with van der Waals surface area (Å²) in [5, 5.41) is 4.36. The number of hydrogen-bond donors (Lipinski definition) is 1. The van der Waals surface area contributed by atoms with E-state index in [1.807, 2.05) is 47.0 Å². The maximum Gasteiger partial charge on any atom is 0.258 e. The highest BCUT2D eigenvalue weighted by Crippen LogP contribution is 2.30. The van der Waals surface area contributed by atoms with Crippen LogP contribution in [0.3, 0.4) is 0 Å². The molecule has 0 unspecified atom stereocenters. The Labute approximate surface area is 181 Å². The third kappa shape index (κ3) is 3.09. The zero-order valence-corrected chi connectivity index (χ0v) is 17.0. The number of halogens is 2. The van der Waals surface area contributed by atoms with Gasteiger partial charge in [-0.1, -0.05) is 53.5 Å². The van der Waals surface area contributed by atoms with E-state index < -0.39 is 5.91 Å². The largest absolute Gasteiger partial charge is 0.320 e. The number of pyridine rings is 1. The molecule has 0 spiro atoms. The Kier molecular flexibility index (Phi) is 4.62. The molecule has 2 aromatic heterocycles. The molecule has 5 rings (SSSR count). The van der Waals surface area contributed by atoms with Crippen LogP contribution < -0.4 is 5.32 Å². The number of benzene rings is 3. The van der Waals surface area contributed by atoms with Crippen molar-refractivity contribution in [2.75, 3.05) is 5.32 Å². The van der Waals surface area contributed by atoms with Gasteiger partial charge in [-0.15, -0.1) is 0 Å². The molecule has 0 atom stereocenters. The molecular weight excluding hydrogens is 419 g/mol. The number of carbonyl (C=O) groups excluding carboxylic acids is 1. The van der Waals surface area contributed by atoms with Crippen LogP contribution in [0.5, 0.6) is 0 Å². The molecule has 1 N–H and O–H groups in total. The van der Waals surface area contributed by atoms with Gasteiger partial charge in [0.05, 0.1) is 43.5 Å². The lowest BCUT2D eigenvalue weighted by Gasteiger charge is -2.13. The number of anilines is 1. The summed E-state index contributed by atoms with van der Waals surface area (Å²) in [6.45, 7) is 0. The van der Waals surface area contributed by atoms with Crippen LogP contribution in [0.4, 0.5) is 5.69 Å². The van der Waals surface area contributed by atoms with Crippen molar-refractivity contribution >= 4 is 56.7 Å². The van der Waals surface area contributed by atoms with Crippen molar-refractivity contribution in [3.8, 4) is 5.69 Å². The van der Waals surface area contributed by atoms with Crippen LogP contribution in [0, 0.1) is 0 Å². The lowest BCUT2D eigenvalue weighted by molar-refractivity contribution is 0.102. The molecule has 0 radical (unpaired) electrons. The molecule has 0 aliphatic heterocycles. The summed E-state index contributed by atoms with van der Waals surface area (Å²) < 4.78 is 2.01. The molecular formula is C23H14Cl2N4O. The number of imidazole rings is 1. The zero-order chi connectivity index (χ0) is 20.7. The fourth-order valence-electron chi connectivity index (χ4n) is 3.52. The van der Waals surface area contributed by atoms with Crippen molar-refractivity contribution in [3.63, 3.8) is 0 Å². The number of hydrogen-bond acceptors (Lipinski definition) is 3. The Morgan fingerprint density at radius 2 is 1.63 bits per heavy atom. The fraction of sp³-hybridized carbons (Fsp3) is 0. The summed E-state index contributed by atoms with van der Waals surface area (Å²) >= 11 is 12.4. The second-order valence-corrected chi connectivity index (χ2v) is 7.50. The highest BCUT2D eigenvalue weighted by Gasteiger charge is 2.17. The lowest BCUT2D eigenvalue weighted by Crippen LogP contribution is -2.13. The normalized spacial score (nSPS) is 11.1. The van der Waals surface area contributed by atoms with Gasteiger partial charge >= 0.3 is 0 Å². The van der Waals surface area contributed by atoms with Gasteiger partial charge in [-0.2, -0.15) is 0 Å².